The van der Waals surface area contributed by atoms with Gasteiger partial charge in [0.15, 0.2) is 11.5 Å². The molecule has 0 bridgehead atoms. The van der Waals surface area contributed by atoms with Crippen LogP contribution in [0.1, 0.15) is 25.5 Å². The molecule has 0 saturated carbocycles. The summed E-state index contributed by atoms with van der Waals surface area (Å²) in [5.74, 6) is 0.434. The smallest absolute Gasteiger partial charge is 0.319 e. The number of ether oxygens (including phenoxy) is 3. The summed E-state index contributed by atoms with van der Waals surface area (Å²) < 4.78 is 16.0. The Morgan fingerprint density at radius 2 is 1.88 bits per heavy atom. The Morgan fingerprint density at radius 1 is 1.16 bits per heavy atom. The molecule has 9 nitrogen and oxygen atoms in total. The van der Waals surface area contributed by atoms with Gasteiger partial charge in [0.05, 0.1) is 43.2 Å². The summed E-state index contributed by atoms with van der Waals surface area (Å²) in [5, 5.41) is 18.5. The lowest BCUT2D eigenvalue weighted by Crippen LogP contribution is -2.46. The van der Waals surface area contributed by atoms with E-state index in [1.54, 1.807) is 32.0 Å². The number of nitrogens with one attached hydrogen (secondary N) is 3. The molecule has 170 valence electrons. The Hall–Kier alpha value is -3.59. The van der Waals surface area contributed by atoms with E-state index >= 15 is 0 Å². The quantitative estimate of drug-likeness (QED) is 0.499. The predicted octanol–water partition coefficient (Wildman–Crippen LogP) is 3.73. The third kappa shape index (κ3) is 4.67. The summed E-state index contributed by atoms with van der Waals surface area (Å²) in [4.78, 5) is 25.5. The summed E-state index contributed by atoms with van der Waals surface area (Å²) >= 11 is 6.14. The number of allylic oxidation sites excluding steroid dienone is 1. The lowest BCUT2D eigenvalue weighted by atomic mass is 9.94. The molecule has 3 amide bonds. The number of aromatic hydroxyl groups is 1. The average molecular weight is 462 g/mol. The maximum atomic E-state index is 13.3. The summed E-state index contributed by atoms with van der Waals surface area (Å²) in [6, 6.07) is 6.48. The van der Waals surface area contributed by atoms with Crippen molar-refractivity contribution < 1.29 is 28.9 Å². The molecule has 32 heavy (non-hydrogen) atoms. The van der Waals surface area contributed by atoms with Crippen LogP contribution in [0.4, 0.5) is 10.5 Å². The number of benzene rings is 2. The van der Waals surface area contributed by atoms with Crippen molar-refractivity contribution in [2.75, 3.05) is 26.1 Å². The molecule has 0 aliphatic carbocycles. The number of methoxy groups -OCH3 is 2. The molecular formula is C22H24ClN3O6. The first-order chi connectivity index (χ1) is 15.3. The Bertz CT molecular complexity index is 1090. The SMILES string of the molecule is CCOc1cc([C@H]2NC(=O)NC(C)=C2C(=O)Nc2cc(OC)c(Cl)cc2OC)ccc1O. The van der Waals surface area contributed by atoms with Crippen molar-refractivity contribution in [2.45, 2.75) is 19.9 Å². The van der Waals surface area contributed by atoms with E-state index in [0.29, 0.717) is 40.1 Å². The third-order valence-corrected chi connectivity index (χ3v) is 5.15. The molecule has 0 unspecified atom stereocenters. The molecular weight excluding hydrogens is 438 g/mol. The van der Waals surface area contributed by atoms with Crippen LogP contribution in [0.3, 0.4) is 0 Å². The van der Waals surface area contributed by atoms with Gasteiger partial charge in [0.1, 0.15) is 11.5 Å². The van der Waals surface area contributed by atoms with Crippen molar-refractivity contribution in [3.05, 3.63) is 52.2 Å². The highest BCUT2D eigenvalue weighted by Gasteiger charge is 2.32. The maximum Gasteiger partial charge on any atom is 0.319 e. The minimum absolute atomic E-state index is 0.0411. The molecule has 0 radical (unpaired) electrons. The highest BCUT2D eigenvalue weighted by atomic mass is 35.5. The van der Waals surface area contributed by atoms with Gasteiger partial charge >= 0.3 is 6.03 Å². The topological polar surface area (TPSA) is 118 Å². The second-order valence-electron chi connectivity index (χ2n) is 6.87. The molecule has 1 aliphatic heterocycles. The van der Waals surface area contributed by atoms with Gasteiger partial charge in [-0.15, -0.1) is 0 Å². The van der Waals surface area contributed by atoms with Crippen molar-refractivity contribution in [1.29, 1.82) is 0 Å². The van der Waals surface area contributed by atoms with Crippen molar-refractivity contribution in [1.82, 2.24) is 10.6 Å². The molecule has 3 rings (SSSR count). The molecule has 0 saturated heterocycles. The number of carbonyl (C=O) groups is 2. The van der Waals surface area contributed by atoms with Gasteiger partial charge in [-0.1, -0.05) is 17.7 Å². The maximum absolute atomic E-state index is 13.3. The van der Waals surface area contributed by atoms with E-state index in [0.717, 1.165) is 0 Å². The first-order valence-corrected chi connectivity index (χ1v) is 10.1. The number of hydrogen-bond acceptors (Lipinski definition) is 6. The molecule has 0 aromatic heterocycles. The van der Waals surface area contributed by atoms with Crippen LogP contribution < -0.4 is 30.2 Å². The summed E-state index contributed by atoms with van der Waals surface area (Å²) in [5.41, 5.74) is 1.55. The second-order valence-corrected chi connectivity index (χ2v) is 7.28. The Morgan fingerprint density at radius 3 is 2.53 bits per heavy atom. The van der Waals surface area contributed by atoms with Crippen LogP contribution in [0, 0.1) is 0 Å². The number of halogens is 1. The van der Waals surface area contributed by atoms with Crippen LogP contribution in [0.25, 0.3) is 0 Å². The first-order valence-electron chi connectivity index (χ1n) is 9.75. The fourth-order valence-electron chi connectivity index (χ4n) is 3.37. The van der Waals surface area contributed by atoms with Gasteiger partial charge in [-0.05, 0) is 31.5 Å². The normalized spacial score (nSPS) is 15.5. The van der Waals surface area contributed by atoms with Gasteiger partial charge in [0, 0.05) is 17.8 Å². The number of hydrogen-bond donors (Lipinski definition) is 4. The zero-order valence-corrected chi connectivity index (χ0v) is 18.8. The van der Waals surface area contributed by atoms with Gasteiger partial charge in [-0.3, -0.25) is 4.79 Å². The predicted molar refractivity (Wildman–Crippen MR) is 120 cm³/mol. The molecule has 1 heterocycles. The van der Waals surface area contributed by atoms with Crippen LogP contribution in [0.2, 0.25) is 5.02 Å². The second kappa shape index (κ2) is 9.69. The van der Waals surface area contributed by atoms with Gasteiger partial charge in [-0.2, -0.15) is 0 Å². The number of urea groups is 1. The van der Waals surface area contributed by atoms with E-state index in [2.05, 4.69) is 16.0 Å². The number of anilines is 1. The van der Waals surface area contributed by atoms with Crippen LogP contribution >= 0.6 is 11.6 Å². The molecule has 1 aliphatic rings. The number of rotatable bonds is 7. The van der Waals surface area contributed by atoms with Crippen LogP contribution in [-0.2, 0) is 4.79 Å². The van der Waals surface area contributed by atoms with Crippen molar-refractivity contribution in [3.8, 4) is 23.0 Å². The molecule has 2 aromatic carbocycles. The summed E-state index contributed by atoms with van der Waals surface area (Å²) in [6.45, 7) is 3.76. The molecule has 4 N–H and O–H groups in total. The van der Waals surface area contributed by atoms with Crippen LogP contribution in [-0.4, -0.2) is 37.9 Å². The fourth-order valence-corrected chi connectivity index (χ4v) is 3.60. The van der Waals surface area contributed by atoms with Crippen LogP contribution in [0.5, 0.6) is 23.0 Å². The lowest BCUT2D eigenvalue weighted by molar-refractivity contribution is -0.113. The van der Waals surface area contributed by atoms with Gasteiger partial charge in [-0.25, -0.2) is 4.79 Å². The minimum atomic E-state index is -0.788. The Labute approximate surface area is 190 Å². The average Bonchev–Trinajstić information content (AvgIpc) is 2.75. The van der Waals surface area contributed by atoms with E-state index in [4.69, 9.17) is 25.8 Å². The fraction of sp³-hybridized carbons (Fsp3) is 0.273. The van der Waals surface area contributed by atoms with E-state index < -0.39 is 18.0 Å². The molecule has 1 atom stereocenters. The highest BCUT2D eigenvalue weighted by molar-refractivity contribution is 6.32. The standard InChI is InChI=1S/C22H24ClN3O6/c1-5-32-18-8-12(6-7-15(18)27)20-19(11(2)24-22(29)26-20)21(28)25-14-10-16(30-3)13(23)9-17(14)31-4/h6-10,20,27H,5H2,1-4H3,(H,25,28)(H2,24,26,29)/t20-/m1/s1. The van der Waals surface area contributed by atoms with Crippen molar-refractivity contribution in [3.63, 3.8) is 0 Å². The number of amides is 3. The highest BCUT2D eigenvalue weighted by Crippen LogP contribution is 2.38. The number of phenolic OH excluding ortho intramolecular Hbond substituents is 1. The molecule has 10 heteroatoms. The number of phenols is 1. The monoisotopic (exact) mass is 461 g/mol. The Kier molecular flexibility index (Phi) is 6.99. The zero-order chi connectivity index (χ0) is 23.4. The molecule has 0 fully saturated rings. The van der Waals surface area contributed by atoms with Gasteiger partial charge in [0.2, 0.25) is 0 Å². The summed E-state index contributed by atoms with van der Waals surface area (Å²) in [6.07, 6.45) is 0. The summed E-state index contributed by atoms with van der Waals surface area (Å²) in [7, 11) is 2.92. The minimum Gasteiger partial charge on any atom is -0.504 e. The Balaban J connectivity index is 2.01. The zero-order valence-electron chi connectivity index (χ0n) is 18.0. The van der Waals surface area contributed by atoms with Gasteiger partial charge < -0.3 is 35.3 Å². The van der Waals surface area contributed by atoms with Crippen molar-refractivity contribution in [2.24, 2.45) is 0 Å². The lowest BCUT2D eigenvalue weighted by Gasteiger charge is -2.29. The van der Waals surface area contributed by atoms with E-state index in [9.17, 15) is 14.7 Å². The van der Waals surface area contributed by atoms with Gasteiger partial charge in [0.25, 0.3) is 5.91 Å². The van der Waals surface area contributed by atoms with Crippen LogP contribution in [0.15, 0.2) is 41.6 Å². The molecule has 0 spiro atoms. The van der Waals surface area contributed by atoms with Crippen molar-refractivity contribution >= 4 is 29.2 Å². The third-order valence-electron chi connectivity index (χ3n) is 4.85. The molecule has 2 aromatic rings. The van der Waals surface area contributed by atoms with E-state index in [-0.39, 0.29) is 17.1 Å². The first kappa shape index (κ1) is 23.1. The van der Waals surface area contributed by atoms with E-state index in [1.165, 1.54) is 26.4 Å². The number of carbonyl (C=O) groups excluding carboxylic acids is 2. The largest absolute Gasteiger partial charge is 0.504 e. The van der Waals surface area contributed by atoms with E-state index in [1.807, 2.05) is 0 Å².